The van der Waals surface area contributed by atoms with E-state index in [-0.39, 0.29) is 17.4 Å². The van der Waals surface area contributed by atoms with E-state index in [1.165, 1.54) is 28.9 Å². The summed E-state index contributed by atoms with van der Waals surface area (Å²) in [7, 11) is 0. The first-order valence-corrected chi connectivity index (χ1v) is 7.58. The normalized spacial score (nSPS) is 17.2. The number of nitro benzene ring substituents is 1. The van der Waals surface area contributed by atoms with Crippen molar-refractivity contribution < 1.29 is 9.72 Å². The van der Waals surface area contributed by atoms with E-state index in [0.29, 0.717) is 10.6 Å². The highest BCUT2D eigenvalue weighted by Gasteiger charge is 2.36. The van der Waals surface area contributed by atoms with Gasteiger partial charge in [-0.15, -0.1) is 11.8 Å². The summed E-state index contributed by atoms with van der Waals surface area (Å²) in [5.41, 5.74) is 6.53. The molecule has 0 aliphatic carbocycles. The lowest BCUT2D eigenvalue weighted by Gasteiger charge is -2.13. The Morgan fingerprint density at radius 3 is 2.39 bits per heavy atom. The number of hydrogen-bond acceptors (Lipinski definition) is 6. The SMILES string of the molecule is NC1=NN(c2ccccc2)C(=O)C1Sc1ccc([N+](=O)[O-])cc1. The first-order chi connectivity index (χ1) is 11.1. The van der Waals surface area contributed by atoms with Gasteiger partial charge in [0.25, 0.3) is 11.6 Å². The molecule has 1 amide bonds. The van der Waals surface area contributed by atoms with E-state index in [9.17, 15) is 14.9 Å². The number of benzene rings is 2. The largest absolute Gasteiger partial charge is 0.384 e. The van der Waals surface area contributed by atoms with Gasteiger partial charge >= 0.3 is 0 Å². The zero-order valence-corrected chi connectivity index (χ0v) is 12.6. The summed E-state index contributed by atoms with van der Waals surface area (Å²) >= 11 is 1.22. The van der Waals surface area contributed by atoms with Crippen molar-refractivity contribution in [3.8, 4) is 0 Å². The second-order valence-corrected chi connectivity index (χ2v) is 5.94. The topological polar surface area (TPSA) is 102 Å². The van der Waals surface area contributed by atoms with Gasteiger partial charge in [0.15, 0.2) is 0 Å². The van der Waals surface area contributed by atoms with Gasteiger partial charge in [0.2, 0.25) is 0 Å². The number of anilines is 1. The van der Waals surface area contributed by atoms with Gasteiger partial charge in [0.1, 0.15) is 11.1 Å². The third kappa shape index (κ3) is 3.02. The van der Waals surface area contributed by atoms with Gasteiger partial charge in [-0.05, 0) is 24.3 Å². The smallest absolute Gasteiger partial charge is 0.269 e. The summed E-state index contributed by atoms with van der Waals surface area (Å²) in [6.45, 7) is 0. The predicted octanol–water partition coefficient (Wildman–Crippen LogP) is 2.37. The Bertz CT molecular complexity index is 777. The Hall–Kier alpha value is -2.87. The summed E-state index contributed by atoms with van der Waals surface area (Å²) in [4.78, 5) is 23.4. The second kappa shape index (κ2) is 6.09. The number of amides is 1. The van der Waals surface area contributed by atoms with Crippen LogP contribution in [-0.4, -0.2) is 21.9 Å². The molecule has 0 radical (unpaired) electrons. The number of rotatable bonds is 4. The number of non-ortho nitro benzene ring substituents is 1. The van der Waals surface area contributed by atoms with Crippen LogP contribution in [0.4, 0.5) is 11.4 Å². The highest BCUT2D eigenvalue weighted by molar-refractivity contribution is 8.01. The van der Waals surface area contributed by atoms with E-state index >= 15 is 0 Å². The van der Waals surface area contributed by atoms with Gasteiger partial charge in [-0.25, -0.2) is 0 Å². The number of nitrogens with two attached hydrogens (primary N) is 1. The van der Waals surface area contributed by atoms with Crippen LogP contribution in [0.15, 0.2) is 64.6 Å². The van der Waals surface area contributed by atoms with Gasteiger partial charge in [-0.1, -0.05) is 18.2 Å². The minimum absolute atomic E-state index is 0.000324. The number of hydrazone groups is 1. The lowest BCUT2D eigenvalue weighted by Crippen LogP contribution is -2.32. The lowest BCUT2D eigenvalue weighted by atomic mass is 10.3. The molecule has 1 heterocycles. The standard InChI is InChI=1S/C15H12N4O3S/c16-14-13(23-12-8-6-11(7-9-12)19(21)22)15(20)18(17-14)10-4-2-1-3-5-10/h1-9,13H,(H2,16,17). The molecule has 1 atom stereocenters. The third-order valence-corrected chi connectivity index (χ3v) is 4.44. The molecule has 0 fully saturated rings. The summed E-state index contributed by atoms with van der Waals surface area (Å²) in [5.74, 6) is -0.0285. The Morgan fingerprint density at radius 2 is 1.78 bits per heavy atom. The number of amidine groups is 1. The van der Waals surface area contributed by atoms with Crippen LogP contribution in [0.2, 0.25) is 0 Å². The lowest BCUT2D eigenvalue weighted by molar-refractivity contribution is -0.384. The van der Waals surface area contributed by atoms with E-state index in [2.05, 4.69) is 5.10 Å². The molecule has 116 valence electrons. The van der Waals surface area contributed by atoms with Crippen LogP contribution in [0, 0.1) is 10.1 Å². The molecule has 3 rings (SSSR count). The van der Waals surface area contributed by atoms with Gasteiger partial charge in [0, 0.05) is 17.0 Å². The molecule has 7 nitrogen and oxygen atoms in total. The third-order valence-electron chi connectivity index (χ3n) is 3.22. The minimum atomic E-state index is -0.642. The molecule has 1 aliphatic rings. The van der Waals surface area contributed by atoms with Crippen LogP contribution >= 0.6 is 11.8 Å². The summed E-state index contributed by atoms with van der Waals surface area (Å²) in [6.07, 6.45) is 0. The number of carbonyl (C=O) groups excluding carboxylic acids is 1. The van der Waals surface area contributed by atoms with Crippen molar-refractivity contribution in [2.45, 2.75) is 10.1 Å². The van der Waals surface area contributed by atoms with Gasteiger partial charge in [-0.2, -0.15) is 10.1 Å². The Balaban J connectivity index is 1.78. The molecule has 2 aromatic rings. The molecule has 1 aliphatic heterocycles. The summed E-state index contributed by atoms with van der Waals surface area (Å²) in [5, 5.41) is 15.4. The minimum Gasteiger partial charge on any atom is -0.384 e. The van der Waals surface area contributed by atoms with Crippen LogP contribution in [0.1, 0.15) is 0 Å². The van der Waals surface area contributed by atoms with Crippen LogP contribution in [0.5, 0.6) is 0 Å². The molecule has 2 aromatic carbocycles. The highest BCUT2D eigenvalue weighted by Crippen LogP contribution is 2.31. The van der Waals surface area contributed by atoms with E-state index in [1.54, 1.807) is 24.3 Å². The maximum Gasteiger partial charge on any atom is 0.269 e. The molecule has 0 saturated carbocycles. The monoisotopic (exact) mass is 328 g/mol. The summed E-state index contributed by atoms with van der Waals surface area (Å²) in [6, 6.07) is 15.0. The van der Waals surface area contributed by atoms with Crippen LogP contribution in [0.3, 0.4) is 0 Å². The summed E-state index contributed by atoms with van der Waals surface area (Å²) < 4.78 is 0. The second-order valence-electron chi connectivity index (χ2n) is 4.76. The number of hydrogen-bond donors (Lipinski definition) is 1. The molecule has 23 heavy (non-hydrogen) atoms. The number of nitro groups is 1. The van der Waals surface area contributed by atoms with Crippen LogP contribution in [0.25, 0.3) is 0 Å². The Morgan fingerprint density at radius 1 is 1.13 bits per heavy atom. The van der Waals surface area contributed by atoms with Crippen LogP contribution < -0.4 is 10.7 Å². The average Bonchev–Trinajstić information content (AvgIpc) is 2.84. The molecular weight excluding hydrogens is 316 g/mol. The first-order valence-electron chi connectivity index (χ1n) is 6.70. The molecule has 2 N–H and O–H groups in total. The highest BCUT2D eigenvalue weighted by atomic mass is 32.2. The number of thioether (sulfide) groups is 1. The van der Waals surface area contributed by atoms with Gasteiger partial charge < -0.3 is 5.73 Å². The molecule has 8 heteroatoms. The first kappa shape index (κ1) is 15.0. The van der Waals surface area contributed by atoms with Crippen molar-refractivity contribution in [3.63, 3.8) is 0 Å². The molecule has 0 spiro atoms. The van der Waals surface area contributed by atoms with Gasteiger partial charge in [-0.3, -0.25) is 14.9 Å². The fourth-order valence-electron chi connectivity index (χ4n) is 2.10. The Kier molecular flexibility index (Phi) is 3.98. The van der Waals surface area contributed by atoms with Gasteiger partial charge in [0.05, 0.1) is 10.6 Å². The molecule has 0 aromatic heterocycles. The van der Waals surface area contributed by atoms with E-state index < -0.39 is 10.2 Å². The van der Waals surface area contributed by atoms with Crippen molar-refractivity contribution in [2.75, 3.05) is 5.01 Å². The van der Waals surface area contributed by atoms with E-state index in [0.717, 1.165) is 0 Å². The van der Waals surface area contributed by atoms with E-state index in [1.807, 2.05) is 18.2 Å². The van der Waals surface area contributed by atoms with Crippen molar-refractivity contribution in [3.05, 3.63) is 64.7 Å². The average molecular weight is 328 g/mol. The number of para-hydroxylation sites is 1. The molecule has 0 bridgehead atoms. The number of carbonyl (C=O) groups is 1. The van der Waals surface area contributed by atoms with Crippen molar-refractivity contribution in [1.82, 2.24) is 0 Å². The van der Waals surface area contributed by atoms with Crippen molar-refractivity contribution in [1.29, 1.82) is 0 Å². The maximum atomic E-state index is 12.5. The maximum absolute atomic E-state index is 12.5. The Labute approximate surface area is 135 Å². The molecular formula is C15H12N4O3S. The quantitative estimate of drug-likeness (QED) is 0.686. The number of nitrogens with zero attached hydrogens (tertiary/aromatic N) is 3. The van der Waals surface area contributed by atoms with E-state index in [4.69, 9.17) is 5.73 Å². The fourth-order valence-corrected chi connectivity index (χ4v) is 3.04. The predicted molar refractivity (Wildman–Crippen MR) is 88.3 cm³/mol. The zero-order chi connectivity index (χ0) is 16.4. The fraction of sp³-hybridized carbons (Fsp3) is 0.0667. The molecule has 1 unspecified atom stereocenters. The van der Waals surface area contributed by atoms with Crippen molar-refractivity contribution >= 4 is 34.9 Å². The zero-order valence-electron chi connectivity index (χ0n) is 11.8. The van der Waals surface area contributed by atoms with Crippen LogP contribution in [-0.2, 0) is 4.79 Å². The van der Waals surface area contributed by atoms with Crippen molar-refractivity contribution in [2.24, 2.45) is 10.8 Å². The molecule has 0 saturated heterocycles.